The molecule has 0 bridgehead atoms. The number of nitrogens with one attached hydrogen (secondary N) is 1. The molecule has 0 fully saturated rings. The van der Waals surface area contributed by atoms with E-state index in [1.54, 1.807) is 0 Å². The zero-order chi connectivity index (χ0) is 13.5. The standard InChI is InChI=1S/C13H18N6S/c1-14-9-3-2-4-10-12(9)16-13(20-10)18-5-6-19-8-15-17-11(19)7-18/h8-9,14H,2-7H2,1H3. The van der Waals surface area contributed by atoms with Crippen LogP contribution in [0, 0.1) is 0 Å². The zero-order valence-electron chi connectivity index (χ0n) is 11.5. The van der Waals surface area contributed by atoms with Crippen molar-refractivity contribution in [3.05, 3.63) is 22.7 Å². The molecule has 0 radical (unpaired) electrons. The Hall–Kier alpha value is -1.47. The van der Waals surface area contributed by atoms with Crippen molar-refractivity contribution in [2.24, 2.45) is 0 Å². The number of anilines is 1. The average molecular weight is 290 g/mol. The van der Waals surface area contributed by atoms with Crippen LogP contribution in [0.1, 0.15) is 35.3 Å². The second kappa shape index (κ2) is 4.82. The van der Waals surface area contributed by atoms with E-state index in [4.69, 9.17) is 4.98 Å². The molecule has 6 nitrogen and oxygen atoms in total. The van der Waals surface area contributed by atoms with E-state index in [-0.39, 0.29) is 0 Å². The lowest BCUT2D eigenvalue weighted by molar-refractivity contribution is 0.488. The molecular formula is C13H18N6S. The number of aryl methyl sites for hydroxylation is 1. The first-order valence-corrected chi connectivity index (χ1v) is 7.95. The largest absolute Gasteiger partial charge is 0.339 e. The van der Waals surface area contributed by atoms with Crippen molar-refractivity contribution in [2.45, 2.75) is 38.4 Å². The summed E-state index contributed by atoms with van der Waals surface area (Å²) in [6.45, 7) is 2.75. The molecule has 4 rings (SSSR count). The molecule has 1 unspecified atom stereocenters. The maximum Gasteiger partial charge on any atom is 0.186 e. The molecular weight excluding hydrogens is 272 g/mol. The Morgan fingerprint density at radius 1 is 1.40 bits per heavy atom. The van der Waals surface area contributed by atoms with Gasteiger partial charge in [-0.2, -0.15) is 0 Å². The summed E-state index contributed by atoms with van der Waals surface area (Å²) in [7, 11) is 2.03. The molecule has 1 N–H and O–H groups in total. The van der Waals surface area contributed by atoms with E-state index in [0.29, 0.717) is 6.04 Å². The predicted octanol–water partition coefficient (Wildman–Crippen LogP) is 1.35. The quantitative estimate of drug-likeness (QED) is 0.905. The number of thiazole rings is 1. The van der Waals surface area contributed by atoms with Crippen molar-refractivity contribution in [2.75, 3.05) is 18.5 Å². The second-order valence-electron chi connectivity index (χ2n) is 5.40. The van der Waals surface area contributed by atoms with Crippen molar-refractivity contribution >= 4 is 16.5 Å². The highest BCUT2D eigenvalue weighted by Crippen LogP contribution is 2.37. The summed E-state index contributed by atoms with van der Waals surface area (Å²) >= 11 is 1.86. The zero-order valence-corrected chi connectivity index (χ0v) is 12.4. The first-order chi connectivity index (χ1) is 9.85. The summed E-state index contributed by atoms with van der Waals surface area (Å²) in [5.41, 5.74) is 1.27. The molecule has 0 saturated carbocycles. The van der Waals surface area contributed by atoms with E-state index in [1.807, 2.05) is 24.7 Å². The summed E-state index contributed by atoms with van der Waals surface area (Å²) in [4.78, 5) is 8.70. The van der Waals surface area contributed by atoms with Crippen molar-refractivity contribution in [1.82, 2.24) is 25.1 Å². The van der Waals surface area contributed by atoms with Crippen LogP contribution in [0.4, 0.5) is 5.13 Å². The third-order valence-corrected chi connectivity index (χ3v) is 5.39. The van der Waals surface area contributed by atoms with Crippen LogP contribution in [0.5, 0.6) is 0 Å². The second-order valence-corrected chi connectivity index (χ2v) is 6.46. The highest BCUT2D eigenvalue weighted by molar-refractivity contribution is 7.15. The number of aromatic nitrogens is 4. The molecule has 2 aromatic heterocycles. The number of nitrogens with zero attached hydrogens (tertiary/aromatic N) is 5. The molecule has 0 amide bonds. The van der Waals surface area contributed by atoms with Gasteiger partial charge in [0.25, 0.3) is 0 Å². The molecule has 20 heavy (non-hydrogen) atoms. The number of hydrogen-bond acceptors (Lipinski definition) is 6. The minimum atomic E-state index is 0.428. The van der Waals surface area contributed by atoms with Crippen molar-refractivity contribution in [3.63, 3.8) is 0 Å². The number of hydrogen-bond donors (Lipinski definition) is 1. The lowest BCUT2D eigenvalue weighted by Crippen LogP contribution is -2.33. The van der Waals surface area contributed by atoms with E-state index >= 15 is 0 Å². The van der Waals surface area contributed by atoms with E-state index in [2.05, 4.69) is 25.0 Å². The Bertz CT molecular complexity index is 618. The van der Waals surface area contributed by atoms with Gasteiger partial charge in [-0.05, 0) is 26.3 Å². The predicted molar refractivity (Wildman–Crippen MR) is 77.9 cm³/mol. The van der Waals surface area contributed by atoms with Gasteiger partial charge in [0.15, 0.2) is 11.0 Å². The SMILES string of the molecule is CNC1CCCc2sc(N3CCn4cnnc4C3)nc21. The summed E-state index contributed by atoms with van der Waals surface area (Å²) in [6.07, 6.45) is 5.45. The van der Waals surface area contributed by atoms with Crippen LogP contribution in [-0.2, 0) is 19.5 Å². The van der Waals surface area contributed by atoms with Gasteiger partial charge in [0.1, 0.15) is 6.33 Å². The lowest BCUT2D eigenvalue weighted by atomic mass is 9.98. The van der Waals surface area contributed by atoms with Crippen LogP contribution in [0.3, 0.4) is 0 Å². The molecule has 0 spiro atoms. The van der Waals surface area contributed by atoms with E-state index in [9.17, 15) is 0 Å². The molecule has 7 heteroatoms. The van der Waals surface area contributed by atoms with Crippen LogP contribution >= 0.6 is 11.3 Å². The number of fused-ring (bicyclic) bond motifs is 2. The Labute approximate surface area is 121 Å². The fraction of sp³-hybridized carbons (Fsp3) is 0.615. The Morgan fingerprint density at radius 3 is 3.25 bits per heavy atom. The first-order valence-electron chi connectivity index (χ1n) is 7.13. The van der Waals surface area contributed by atoms with E-state index in [1.165, 1.54) is 29.8 Å². The monoisotopic (exact) mass is 290 g/mol. The van der Waals surface area contributed by atoms with Crippen LogP contribution in [-0.4, -0.2) is 33.3 Å². The van der Waals surface area contributed by atoms with Gasteiger partial charge in [0.2, 0.25) is 0 Å². The third kappa shape index (κ3) is 1.92. The van der Waals surface area contributed by atoms with E-state index < -0.39 is 0 Å². The normalized spacial score (nSPS) is 21.6. The third-order valence-electron chi connectivity index (χ3n) is 4.20. The lowest BCUT2D eigenvalue weighted by Gasteiger charge is -2.26. The van der Waals surface area contributed by atoms with Crippen molar-refractivity contribution in [1.29, 1.82) is 0 Å². The Morgan fingerprint density at radius 2 is 2.35 bits per heavy atom. The summed E-state index contributed by atoms with van der Waals surface area (Å²) < 4.78 is 2.13. The minimum Gasteiger partial charge on any atom is -0.339 e. The maximum absolute atomic E-state index is 4.91. The molecule has 106 valence electrons. The molecule has 0 aromatic carbocycles. The molecule has 0 saturated heterocycles. The van der Waals surface area contributed by atoms with Gasteiger partial charge in [0.05, 0.1) is 18.3 Å². The summed E-state index contributed by atoms with van der Waals surface area (Å²) in [6, 6.07) is 0.428. The summed E-state index contributed by atoms with van der Waals surface area (Å²) in [5, 5.41) is 12.7. The molecule has 1 atom stereocenters. The highest BCUT2D eigenvalue weighted by Gasteiger charge is 2.27. The van der Waals surface area contributed by atoms with Gasteiger partial charge in [-0.15, -0.1) is 21.5 Å². The van der Waals surface area contributed by atoms with Gasteiger partial charge in [-0.3, -0.25) is 0 Å². The molecule has 1 aliphatic heterocycles. The van der Waals surface area contributed by atoms with Crippen molar-refractivity contribution in [3.8, 4) is 0 Å². The summed E-state index contributed by atoms with van der Waals surface area (Å²) in [5.74, 6) is 1.04. The Balaban J connectivity index is 1.62. The molecule has 2 aliphatic rings. The van der Waals surface area contributed by atoms with E-state index in [0.717, 1.165) is 30.6 Å². The van der Waals surface area contributed by atoms with Crippen LogP contribution < -0.4 is 10.2 Å². The van der Waals surface area contributed by atoms with Crippen LogP contribution in [0.2, 0.25) is 0 Å². The highest BCUT2D eigenvalue weighted by atomic mass is 32.1. The molecule has 2 aromatic rings. The van der Waals surface area contributed by atoms with Gasteiger partial charge in [0, 0.05) is 18.0 Å². The molecule has 3 heterocycles. The van der Waals surface area contributed by atoms with Gasteiger partial charge < -0.3 is 14.8 Å². The van der Waals surface area contributed by atoms with Crippen molar-refractivity contribution < 1.29 is 0 Å². The smallest absolute Gasteiger partial charge is 0.186 e. The van der Waals surface area contributed by atoms with Crippen LogP contribution in [0.25, 0.3) is 0 Å². The Kier molecular flexibility index (Phi) is 2.96. The molecule has 1 aliphatic carbocycles. The van der Waals surface area contributed by atoms with Gasteiger partial charge in [-0.25, -0.2) is 4.98 Å². The average Bonchev–Trinajstić information content (AvgIpc) is 3.11. The topological polar surface area (TPSA) is 58.9 Å². The minimum absolute atomic E-state index is 0.428. The van der Waals surface area contributed by atoms with Gasteiger partial charge in [-0.1, -0.05) is 0 Å². The fourth-order valence-electron chi connectivity index (χ4n) is 3.05. The fourth-order valence-corrected chi connectivity index (χ4v) is 4.24. The number of rotatable bonds is 2. The first kappa shape index (κ1) is 12.3. The van der Waals surface area contributed by atoms with Gasteiger partial charge >= 0.3 is 0 Å². The maximum atomic E-state index is 4.91. The van der Waals surface area contributed by atoms with Crippen LogP contribution in [0.15, 0.2) is 6.33 Å².